The quantitative estimate of drug-likeness (QED) is 0.799. The Bertz CT molecular complexity index is 416. The molecule has 0 spiro atoms. The molecule has 5 heteroatoms. The zero-order valence-electron chi connectivity index (χ0n) is 11.0. The van der Waals surface area contributed by atoms with Crippen LogP contribution in [0.1, 0.15) is 18.1 Å². The normalized spacial score (nSPS) is 22.9. The van der Waals surface area contributed by atoms with Crippen molar-refractivity contribution in [3.63, 3.8) is 0 Å². The number of methoxy groups -OCH3 is 1. The van der Waals surface area contributed by atoms with E-state index in [1.165, 1.54) is 0 Å². The molecule has 3 nitrogen and oxygen atoms in total. The van der Waals surface area contributed by atoms with Gasteiger partial charge in [0, 0.05) is 42.2 Å². The van der Waals surface area contributed by atoms with Gasteiger partial charge in [-0.2, -0.15) is 0 Å². The molecular formula is C14H19BrClNO2. The molecule has 0 amide bonds. The van der Waals surface area contributed by atoms with Crippen LogP contribution in [0.3, 0.4) is 0 Å². The van der Waals surface area contributed by atoms with Gasteiger partial charge in [-0.15, -0.1) is 0 Å². The van der Waals surface area contributed by atoms with Crippen molar-refractivity contribution in [1.29, 1.82) is 0 Å². The molecule has 1 fully saturated rings. The monoisotopic (exact) mass is 347 g/mol. The van der Waals surface area contributed by atoms with Gasteiger partial charge in [-0.25, -0.2) is 0 Å². The van der Waals surface area contributed by atoms with Crippen molar-refractivity contribution in [2.24, 2.45) is 5.92 Å². The zero-order valence-corrected chi connectivity index (χ0v) is 13.3. The van der Waals surface area contributed by atoms with Crippen LogP contribution in [-0.2, 0) is 9.47 Å². The van der Waals surface area contributed by atoms with E-state index in [0.717, 1.165) is 47.8 Å². The predicted molar refractivity (Wildman–Crippen MR) is 80.7 cm³/mol. The van der Waals surface area contributed by atoms with Crippen LogP contribution >= 0.6 is 27.5 Å². The molecule has 1 saturated heterocycles. The van der Waals surface area contributed by atoms with Crippen LogP contribution in [0.4, 0.5) is 0 Å². The lowest BCUT2D eigenvalue weighted by atomic mass is 9.95. The Labute approximate surface area is 127 Å². The van der Waals surface area contributed by atoms with Gasteiger partial charge in [0.25, 0.3) is 0 Å². The molecule has 1 N–H and O–H groups in total. The highest BCUT2D eigenvalue weighted by atomic mass is 79.9. The molecule has 2 rings (SSSR count). The SMILES string of the molecule is COCCNCC1CCOC1c1cc(Cl)ccc1Br. The second-order valence-corrected chi connectivity index (χ2v) is 5.99. The fourth-order valence-corrected chi connectivity index (χ4v) is 3.03. The van der Waals surface area contributed by atoms with E-state index in [1.807, 2.05) is 18.2 Å². The Morgan fingerprint density at radius 1 is 1.53 bits per heavy atom. The Balaban J connectivity index is 1.99. The molecule has 0 bridgehead atoms. The van der Waals surface area contributed by atoms with Gasteiger partial charge >= 0.3 is 0 Å². The second-order valence-electron chi connectivity index (χ2n) is 4.70. The average Bonchev–Trinajstić information content (AvgIpc) is 2.86. The molecule has 106 valence electrons. The van der Waals surface area contributed by atoms with Crippen LogP contribution in [0.25, 0.3) is 0 Å². The summed E-state index contributed by atoms with van der Waals surface area (Å²) in [5.74, 6) is 0.478. The summed E-state index contributed by atoms with van der Waals surface area (Å²) in [6, 6.07) is 5.86. The van der Waals surface area contributed by atoms with Gasteiger partial charge in [-0.05, 0) is 30.2 Å². The smallest absolute Gasteiger partial charge is 0.0877 e. The van der Waals surface area contributed by atoms with Crippen LogP contribution in [-0.4, -0.2) is 33.4 Å². The van der Waals surface area contributed by atoms with Gasteiger partial charge in [0.2, 0.25) is 0 Å². The zero-order chi connectivity index (χ0) is 13.7. The lowest BCUT2D eigenvalue weighted by Crippen LogP contribution is -2.27. The number of nitrogens with one attached hydrogen (secondary N) is 1. The molecule has 2 atom stereocenters. The summed E-state index contributed by atoms with van der Waals surface area (Å²) < 4.78 is 12.0. The highest BCUT2D eigenvalue weighted by Gasteiger charge is 2.30. The molecule has 1 aliphatic heterocycles. The molecular weight excluding hydrogens is 330 g/mol. The van der Waals surface area contributed by atoms with Gasteiger partial charge < -0.3 is 14.8 Å². The van der Waals surface area contributed by atoms with Crippen LogP contribution in [0.5, 0.6) is 0 Å². The Hall–Kier alpha value is -0.130. The largest absolute Gasteiger partial charge is 0.383 e. The van der Waals surface area contributed by atoms with E-state index < -0.39 is 0 Å². The van der Waals surface area contributed by atoms with Crippen molar-refractivity contribution in [2.45, 2.75) is 12.5 Å². The molecule has 0 saturated carbocycles. The minimum atomic E-state index is 0.114. The molecule has 0 radical (unpaired) electrons. The van der Waals surface area contributed by atoms with Gasteiger partial charge in [-0.1, -0.05) is 27.5 Å². The number of rotatable bonds is 6. The van der Waals surface area contributed by atoms with E-state index in [1.54, 1.807) is 7.11 Å². The van der Waals surface area contributed by atoms with Crippen molar-refractivity contribution in [2.75, 3.05) is 33.4 Å². The van der Waals surface area contributed by atoms with Crippen molar-refractivity contribution in [1.82, 2.24) is 5.32 Å². The van der Waals surface area contributed by atoms with Gasteiger partial charge in [0.05, 0.1) is 12.7 Å². The first-order chi connectivity index (χ1) is 9.22. The summed E-state index contributed by atoms with van der Waals surface area (Å²) >= 11 is 9.66. The third kappa shape index (κ3) is 4.17. The third-order valence-corrected chi connectivity index (χ3v) is 4.33. The number of hydrogen-bond acceptors (Lipinski definition) is 3. The summed E-state index contributed by atoms with van der Waals surface area (Å²) in [5.41, 5.74) is 1.14. The number of hydrogen-bond donors (Lipinski definition) is 1. The Kier molecular flexibility index (Phi) is 6.10. The minimum absolute atomic E-state index is 0.114. The third-order valence-electron chi connectivity index (χ3n) is 3.37. The first kappa shape index (κ1) is 15.3. The summed E-state index contributed by atoms with van der Waals surface area (Å²) in [6.45, 7) is 3.35. The fraction of sp³-hybridized carbons (Fsp3) is 0.571. The number of benzene rings is 1. The summed E-state index contributed by atoms with van der Waals surface area (Å²) in [7, 11) is 1.71. The van der Waals surface area contributed by atoms with Crippen molar-refractivity contribution >= 4 is 27.5 Å². The summed E-state index contributed by atoms with van der Waals surface area (Å²) in [4.78, 5) is 0. The van der Waals surface area contributed by atoms with Crippen LogP contribution in [0, 0.1) is 5.92 Å². The first-order valence-electron chi connectivity index (χ1n) is 6.48. The predicted octanol–water partition coefficient (Wildman–Crippen LogP) is 3.42. The van der Waals surface area contributed by atoms with Crippen molar-refractivity contribution < 1.29 is 9.47 Å². The van der Waals surface area contributed by atoms with E-state index in [0.29, 0.717) is 5.92 Å². The molecule has 1 aliphatic rings. The molecule has 1 aromatic rings. The first-order valence-corrected chi connectivity index (χ1v) is 7.65. The molecule has 0 aliphatic carbocycles. The van der Waals surface area contributed by atoms with E-state index in [-0.39, 0.29) is 6.10 Å². The molecule has 1 aromatic carbocycles. The van der Waals surface area contributed by atoms with E-state index >= 15 is 0 Å². The lowest BCUT2D eigenvalue weighted by molar-refractivity contribution is 0.0893. The van der Waals surface area contributed by atoms with E-state index in [2.05, 4.69) is 21.2 Å². The number of halogens is 2. The average molecular weight is 349 g/mol. The summed E-state index contributed by atoms with van der Waals surface area (Å²) in [6.07, 6.45) is 1.19. The highest BCUT2D eigenvalue weighted by molar-refractivity contribution is 9.10. The molecule has 1 heterocycles. The minimum Gasteiger partial charge on any atom is -0.383 e. The van der Waals surface area contributed by atoms with Gasteiger partial charge in [-0.3, -0.25) is 0 Å². The van der Waals surface area contributed by atoms with Crippen LogP contribution < -0.4 is 5.32 Å². The molecule has 2 unspecified atom stereocenters. The topological polar surface area (TPSA) is 30.5 Å². The van der Waals surface area contributed by atoms with Gasteiger partial charge in [0.15, 0.2) is 0 Å². The summed E-state index contributed by atoms with van der Waals surface area (Å²) in [5, 5.41) is 4.16. The van der Waals surface area contributed by atoms with E-state index in [4.69, 9.17) is 21.1 Å². The maximum Gasteiger partial charge on any atom is 0.0877 e. The fourth-order valence-electron chi connectivity index (χ4n) is 2.38. The second kappa shape index (κ2) is 7.60. The Morgan fingerprint density at radius 2 is 2.37 bits per heavy atom. The molecule has 19 heavy (non-hydrogen) atoms. The van der Waals surface area contributed by atoms with Crippen LogP contribution in [0.2, 0.25) is 5.02 Å². The lowest BCUT2D eigenvalue weighted by Gasteiger charge is -2.20. The standard InChI is InChI=1S/C14H19BrClNO2/c1-18-7-5-17-9-10-4-6-19-14(10)12-8-11(16)2-3-13(12)15/h2-3,8,10,14,17H,4-7,9H2,1H3. The number of ether oxygens (including phenoxy) is 2. The van der Waals surface area contributed by atoms with Crippen molar-refractivity contribution in [3.05, 3.63) is 33.3 Å². The van der Waals surface area contributed by atoms with Gasteiger partial charge in [0.1, 0.15) is 0 Å². The van der Waals surface area contributed by atoms with E-state index in [9.17, 15) is 0 Å². The maximum atomic E-state index is 6.08. The van der Waals surface area contributed by atoms with Crippen LogP contribution in [0.15, 0.2) is 22.7 Å². The highest BCUT2D eigenvalue weighted by Crippen LogP contribution is 2.38. The molecule has 0 aromatic heterocycles. The van der Waals surface area contributed by atoms with Crippen molar-refractivity contribution in [3.8, 4) is 0 Å². The Morgan fingerprint density at radius 3 is 3.16 bits per heavy atom. The maximum absolute atomic E-state index is 6.08.